The number of nitrogens with two attached hydrogens (primary N) is 2. The van der Waals surface area contributed by atoms with E-state index < -0.39 is 11.5 Å². The molecule has 0 saturated heterocycles. The number of likely N-dealkylation sites (N-methyl/N-ethyl adjacent to an activating group) is 1. The van der Waals surface area contributed by atoms with Crippen molar-refractivity contribution in [3.05, 3.63) is 51.7 Å². The van der Waals surface area contributed by atoms with E-state index in [1.54, 1.807) is 24.3 Å². The summed E-state index contributed by atoms with van der Waals surface area (Å²) in [4.78, 5) is 6.32. The molecule has 0 amide bonds. The van der Waals surface area contributed by atoms with E-state index in [1.807, 2.05) is 19.0 Å². The molecule has 0 bridgehead atoms. The number of aliphatic imine (C=N–C) groups is 1. The molecule has 1 aliphatic rings. The maximum absolute atomic E-state index is 14.5. The monoisotopic (exact) mass is 421 g/mol. The largest absolute Gasteiger partial charge is 0.490 e. The van der Waals surface area contributed by atoms with Gasteiger partial charge in [0.25, 0.3) is 0 Å². The van der Waals surface area contributed by atoms with Crippen molar-refractivity contribution >= 4 is 33.6 Å². The first-order chi connectivity index (χ1) is 12.3. The van der Waals surface area contributed by atoms with E-state index in [-0.39, 0.29) is 5.56 Å². The number of nitrogens with zero attached hydrogens (tertiary/aromatic N) is 2. The Morgan fingerprint density at radius 1 is 1.27 bits per heavy atom. The second-order valence-electron chi connectivity index (χ2n) is 6.38. The molecular formula is C18H21BrFN5O. The van der Waals surface area contributed by atoms with Crippen molar-refractivity contribution in [2.45, 2.75) is 5.66 Å². The zero-order chi connectivity index (χ0) is 18.9. The van der Waals surface area contributed by atoms with Gasteiger partial charge in [0.1, 0.15) is 18.2 Å². The lowest BCUT2D eigenvalue weighted by Crippen LogP contribution is -2.40. The van der Waals surface area contributed by atoms with Crippen molar-refractivity contribution < 1.29 is 9.13 Å². The molecule has 138 valence electrons. The first-order valence-corrected chi connectivity index (χ1v) is 8.86. The SMILES string of the molecule is CN(C)CCOc1cc2c(cc1N)C(N)(c1ccc(Br)cc1F)N=CN2. The summed E-state index contributed by atoms with van der Waals surface area (Å²) in [6, 6.07) is 8.16. The summed E-state index contributed by atoms with van der Waals surface area (Å²) in [6.45, 7) is 1.26. The lowest BCUT2D eigenvalue weighted by Gasteiger charge is -2.32. The quantitative estimate of drug-likeness (QED) is 0.645. The molecule has 0 fully saturated rings. The fourth-order valence-electron chi connectivity index (χ4n) is 2.78. The van der Waals surface area contributed by atoms with Gasteiger partial charge in [-0.15, -0.1) is 0 Å². The van der Waals surface area contributed by atoms with Crippen LogP contribution in [0.2, 0.25) is 0 Å². The zero-order valence-electron chi connectivity index (χ0n) is 14.6. The van der Waals surface area contributed by atoms with Crippen molar-refractivity contribution in [1.82, 2.24) is 4.90 Å². The third-order valence-electron chi connectivity index (χ3n) is 4.19. The highest BCUT2D eigenvalue weighted by molar-refractivity contribution is 9.10. The van der Waals surface area contributed by atoms with Crippen molar-refractivity contribution in [3.63, 3.8) is 0 Å². The van der Waals surface area contributed by atoms with Crippen LogP contribution in [0.3, 0.4) is 0 Å². The van der Waals surface area contributed by atoms with Gasteiger partial charge in [-0.2, -0.15) is 0 Å². The van der Waals surface area contributed by atoms with Crippen LogP contribution in [-0.4, -0.2) is 38.5 Å². The van der Waals surface area contributed by atoms with Crippen LogP contribution < -0.4 is 21.5 Å². The van der Waals surface area contributed by atoms with Gasteiger partial charge in [-0.1, -0.05) is 22.0 Å². The molecule has 1 heterocycles. The topological polar surface area (TPSA) is 88.9 Å². The maximum atomic E-state index is 14.5. The van der Waals surface area contributed by atoms with Gasteiger partial charge < -0.3 is 20.7 Å². The van der Waals surface area contributed by atoms with Gasteiger partial charge in [0.2, 0.25) is 0 Å². The van der Waals surface area contributed by atoms with Crippen LogP contribution in [0.4, 0.5) is 15.8 Å². The molecule has 0 radical (unpaired) electrons. The Balaban J connectivity index is 1.99. The third-order valence-corrected chi connectivity index (χ3v) is 4.68. The Kier molecular flexibility index (Phi) is 5.17. The Hall–Kier alpha value is -2.16. The Morgan fingerprint density at radius 2 is 2.04 bits per heavy atom. The summed E-state index contributed by atoms with van der Waals surface area (Å²) in [5.41, 5.74) is 13.2. The lowest BCUT2D eigenvalue weighted by molar-refractivity contribution is 0.262. The first kappa shape index (κ1) is 18.6. The number of ether oxygens (including phenoxy) is 1. The summed E-state index contributed by atoms with van der Waals surface area (Å²) in [5.74, 6) is 0.101. The fraction of sp³-hybridized carbons (Fsp3) is 0.278. The van der Waals surface area contributed by atoms with Crippen LogP contribution in [0.15, 0.2) is 39.8 Å². The summed E-state index contributed by atoms with van der Waals surface area (Å²) >= 11 is 3.25. The lowest BCUT2D eigenvalue weighted by atomic mass is 9.89. The second kappa shape index (κ2) is 7.22. The molecule has 0 aliphatic carbocycles. The van der Waals surface area contributed by atoms with E-state index in [0.717, 1.165) is 6.54 Å². The average Bonchev–Trinajstić information content (AvgIpc) is 2.56. The van der Waals surface area contributed by atoms with Gasteiger partial charge in [0, 0.05) is 28.2 Å². The van der Waals surface area contributed by atoms with Gasteiger partial charge in [-0.05, 0) is 32.3 Å². The van der Waals surface area contributed by atoms with E-state index in [2.05, 4.69) is 26.2 Å². The predicted molar refractivity (Wildman–Crippen MR) is 106 cm³/mol. The molecule has 0 spiro atoms. The smallest absolute Gasteiger partial charge is 0.166 e. The average molecular weight is 422 g/mol. The number of nitrogen functional groups attached to an aromatic ring is 1. The van der Waals surface area contributed by atoms with Crippen LogP contribution in [0.25, 0.3) is 0 Å². The van der Waals surface area contributed by atoms with Crippen LogP contribution >= 0.6 is 15.9 Å². The van der Waals surface area contributed by atoms with E-state index in [9.17, 15) is 4.39 Å². The number of halogens is 2. The number of rotatable bonds is 5. The summed E-state index contributed by atoms with van der Waals surface area (Å²) < 4.78 is 20.9. The van der Waals surface area contributed by atoms with Crippen molar-refractivity contribution in [3.8, 4) is 5.75 Å². The number of hydrogen-bond donors (Lipinski definition) is 3. The van der Waals surface area contributed by atoms with Gasteiger partial charge >= 0.3 is 0 Å². The molecule has 1 aliphatic heterocycles. The number of nitrogens with one attached hydrogen (secondary N) is 1. The highest BCUT2D eigenvalue weighted by Crippen LogP contribution is 2.41. The van der Waals surface area contributed by atoms with E-state index in [4.69, 9.17) is 16.2 Å². The molecule has 0 aromatic heterocycles. The van der Waals surface area contributed by atoms with Gasteiger partial charge in [-0.25, -0.2) is 9.38 Å². The maximum Gasteiger partial charge on any atom is 0.166 e. The molecule has 8 heteroatoms. The summed E-state index contributed by atoms with van der Waals surface area (Å²) in [5, 5.41) is 3.04. The second-order valence-corrected chi connectivity index (χ2v) is 7.30. The molecular weight excluding hydrogens is 401 g/mol. The third kappa shape index (κ3) is 3.53. The van der Waals surface area contributed by atoms with Crippen LogP contribution in [0, 0.1) is 5.82 Å². The minimum atomic E-state index is -1.37. The normalized spacial score (nSPS) is 18.5. The minimum Gasteiger partial charge on any atom is -0.490 e. The van der Waals surface area contributed by atoms with Gasteiger partial charge in [0.05, 0.1) is 17.7 Å². The van der Waals surface area contributed by atoms with E-state index in [0.29, 0.717) is 33.8 Å². The standard InChI is InChI=1S/C18H21BrFN5O/c1-25(2)5-6-26-17-9-16-13(8-15(17)21)18(22,24-10-23-16)12-4-3-11(19)7-14(12)20/h3-4,7-10H,5-6,21-22H2,1-2H3,(H,23,24). The number of fused-ring (bicyclic) bond motifs is 1. The zero-order valence-corrected chi connectivity index (χ0v) is 16.2. The minimum absolute atomic E-state index is 0.264. The Morgan fingerprint density at radius 3 is 2.73 bits per heavy atom. The van der Waals surface area contributed by atoms with Crippen molar-refractivity contribution in [2.24, 2.45) is 10.7 Å². The van der Waals surface area contributed by atoms with Crippen LogP contribution in [0.1, 0.15) is 11.1 Å². The van der Waals surface area contributed by atoms with Crippen molar-refractivity contribution in [2.75, 3.05) is 38.3 Å². The Bertz CT molecular complexity index is 858. The van der Waals surface area contributed by atoms with Gasteiger partial charge in [-0.3, -0.25) is 5.73 Å². The molecule has 2 aromatic carbocycles. The highest BCUT2D eigenvalue weighted by Gasteiger charge is 2.36. The Labute approximate surface area is 160 Å². The molecule has 1 atom stereocenters. The molecule has 0 saturated carbocycles. The summed E-state index contributed by atoms with van der Waals surface area (Å²) in [7, 11) is 3.93. The van der Waals surface area contributed by atoms with Gasteiger partial charge in [0.15, 0.2) is 5.66 Å². The van der Waals surface area contributed by atoms with Crippen molar-refractivity contribution in [1.29, 1.82) is 0 Å². The number of anilines is 2. The molecule has 5 N–H and O–H groups in total. The molecule has 3 rings (SSSR count). The predicted octanol–water partition coefficient (Wildman–Crippen LogP) is 2.72. The number of benzene rings is 2. The molecule has 26 heavy (non-hydrogen) atoms. The van der Waals surface area contributed by atoms with Crippen LogP contribution in [0.5, 0.6) is 5.75 Å². The molecule has 2 aromatic rings. The van der Waals surface area contributed by atoms with E-state index >= 15 is 0 Å². The molecule has 1 unspecified atom stereocenters. The fourth-order valence-corrected chi connectivity index (χ4v) is 3.11. The van der Waals surface area contributed by atoms with E-state index in [1.165, 1.54) is 12.4 Å². The highest BCUT2D eigenvalue weighted by atomic mass is 79.9. The molecule has 6 nitrogen and oxygen atoms in total. The summed E-state index contributed by atoms with van der Waals surface area (Å²) in [6.07, 6.45) is 1.46. The van der Waals surface area contributed by atoms with Crippen LogP contribution in [-0.2, 0) is 5.66 Å². The first-order valence-electron chi connectivity index (χ1n) is 8.07. The number of hydrogen-bond acceptors (Lipinski definition) is 6.